The minimum Gasteiger partial charge on any atom is -0.341 e. The minimum absolute atomic E-state index is 0.0324. The number of halogens is 1. The van der Waals surface area contributed by atoms with Crippen molar-refractivity contribution < 1.29 is 9.18 Å². The van der Waals surface area contributed by atoms with Gasteiger partial charge in [-0.2, -0.15) is 0 Å². The smallest absolute Gasteiger partial charge is 0.223 e. The van der Waals surface area contributed by atoms with Crippen LogP contribution in [0.15, 0.2) is 24.3 Å². The number of carbonyl (C=O) groups is 1. The highest BCUT2D eigenvalue weighted by atomic mass is 19.1. The highest BCUT2D eigenvalue weighted by molar-refractivity contribution is 5.77. The molecule has 0 spiro atoms. The van der Waals surface area contributed by atoms with Gasteiger partial charge in [0.05, 0.1) is 0 Å². The maximum absolute atomic E-state index is 13.1. The van der Waals surface area contributed by atoms with Gasteiger partial charge < -0.3 is 10.6 Å². The first kappa shape index (κ1) is 13.0. The highest BCUT2D eigenvalue weighted by Crippen LogP contribution is 2.21. The highest BCUT2D eigenvalue weighted by Gasteiger charge is 2.24. The molecular weight excluding hydrogens is 231 g/mol. The first-order valence-corrected chi connectivity index (χ1v) is 6.35. The number of nitrogens with zero attached hydrogens (tertiary/aromatic N) is 1. The predicted molar refractivity (Wildman–Crippen MR) is 68.6 cm³/mol. The van der Waals surface area contributed by atoms with Crippen molar-refractivity contribution in [2.45, 2.75) is 31.7 Å². The van der Waals surface area contributed by atoms with Gasteiger partial charge in [0.15, 0.2) is 0 Å². The number of rotatable bonds is 3. The molecule has 0 radical (unpaired) electrons. The van der Waals surface area contributed by atoms with Gasteiger partial charge in [-0.25, -0.2) is 4.39 Å². The summed E-state index contributed by atoms with van der Waals surface area (Å²) in [6.45, 7) is 3.34. The Balaban J connectivity index is 1.95. The van der Waals surface area contributed by atoms with E-state index in [1.54, 1.807) is 11.0 Å². The maximum Gasteiger partial charge on any atom is 0.223 e. The minimum atomic E-state index is -0.255. The molecule has 1 aromatic carbocycles. The SMILES string of the molecule is CC(CC(=O)N1CC[C@@H](N)C1)c1cccc(F)c1. The van der Waals surface area contributed by atoms with Gasteiger partial charge in [-0.3, -0.25) is 4.79 Å². The van der Waals surface area contributed by atoms with Crippen LogP contribution in [0.25, 0.3) is 0 Å². The topological polar surface area (TPSA) is 46.3 Å². The van der Waals surface area contributed by atoms with Crippen LogP contribution in [0, 0.1) is 5.82 Å². The third-order valence-corrected chi connectivity index (χ3v) is 3.48. The van der Waals surface area contributed by atoms with E-state index in [-0.39, 0.29) is 23.7 Å². The number of hydrogen-bond donors (Lipinski definition) is 1. The number of hydrogen-bond acceptors (Lipinski definition) is 2. The second kappa shape index (κ2) is 5.48. The van der Waals surface area contributed by atoms with E-state index < -0.39 is 0 Å². The van der Waals surface area contributed by atoms with Crippen molar-refractivity contribution in [1.82, 2.24) is 4.90 Å². The first-order chi connectivity index (χ1) is 8.56. The summed E-state index contributed by atoms with van der Waals surface area (Å²) in [6.07, 6.45) is 1.29. The van der Waals surface area contributed by atoms with Crippen LogP contribution in [0.5, 0.6) is 0 Å². The standard InChI is InChI=1S/C14H19FN2O/c1-10(11-3-2-4-12(15)8-11)7-14(18)17-6-5-13(16)9-17/h2-4,8,10,13H,5-7,9,16H2,1H3/t10?,13-/m1/s1. The first-order valence-electron chi connectivity index (χ1n) is 6.35. The van der Waals surface area contributed by atoms with Crippen LogP contribution in [0.3, 0.4) is 0 Å². The Morgan fingerprint density at radius 3 is 3.00 bits per heavy atom. The van der Waals surface area contributed by atoms with Gasteiger partial charge in [-0.15, -0.1) is 0 Å². The van der Waals surface area contributed by atoms with Crippen LogP contribution in [-0.2, 0) is 4.79 Å². The van der Waals surface area contributed by atoms with Gasteiger partial charge in [0.2, 0.25) is 5.91 Å². The number of benzene rings is 1. The van der Waals surface area contributed by atoms with Gasteiger partial charge in [0, 0.05) is 25.6 Å². The van der Waals surface area contributed by atoms with Crippen molar-refractivity contribution in [3.05, 3.63) is 35.6 Å². The Labute approximate surface area is 107 Å². The Kier molecular flexibility index (Phi) is 3.97. The molecule has 3 nitrogen and oxygen atoms in total. The molecule has 1 amide bonds. The Bertz CT molecular complexity index is 436. The number of carbonyl (C=O) groups excluding carboxylic acids is 1. The largest absolute Gasteiger partial charge is 0.341 e. The summed E-state index contributed by atoms with van der Waals surface area (Å²) in [7, 11) is 0. The summed E-state index contributed by atoms with van der Waals surface area (Å²) in [6, 6.07) is 6.55. The summed E-state index contributed by atoms with van der Waals surface area (Å²) in [5.74, 6) is -0.111. The van der Waals surface area contributed by atoms with Gasteiger partial charge in [0.1, 0.15) is 5.82 Å². The summed E-state index contributed by atoms with van der Waals surface area (Å²) in [5, 5.41) is 0. The molecule has 2 N–H and O–H groups in total. The molecule has 4 heteroatoms. The molecule has 2 atom stereocenters. The van der Waals surface area contributed by atoms with Gasteiger partial charge >= 0.3 is 0 Å². The van der Waals surface area contributed by atoms with Crippen molar-refractivity contribution in [1.29, 1.82) is 0 Å². The van der Waals surface area contributed by atoms with Crippen LogP contribution >= 0.6 is 0 Å². The van der Waals surface area contributed by atoms with Gasteiger partial charge in [-0.05, 0) is 30.0 Å². The molecule has 2 rings (SSSR count). The average Bonchev–Trinajstić information content (AvgIpc) is 2.76. The summed E-state index contributed by atoms with van der Waals surface area (Å²) < 4.78 is 13.1. The van der Waals surface area contributed by atoms with E-state index in [1.165, 1.54) is 12.1 Å². The molecule has 1 unspecified atom stereocenters. The van der Waals surface area contributed by atoms with Gasteiger partial charge in [0.25, 0.3) is 0 Å². The number of amides is 1. The third-order valence-electron chi connectivity index (χ3n) is 3.48. The van der Waals surface area contributed by atoms with Crippen molar-refractivity contribution in [2.24, 2.45) is 5.73 Å². The van der Waals surface area contributed by atoms with Crippen LogP contribution < -0.4 is 5.73 Å². The lowest BCUT2D eigenvalue weighted by molar-refractivity contribution is -0.130. The normalized spacial score (nSPS) is 21.1. The van der Waals surface area contributed by atoms with Crippen LogP contribution in [0.4, 0.5) is 4.39 Å². The van der Waals surface area contributed by atoms with Crippen molar-refractivity contribution in [3.8, 4) is 0 Å². The van der Waals surface area contributed by atoms with E-state index in [9.17, 15) is 9.18 Å². The van der Waals surface area contributed by atoms with E-state index >= 15 is 0 Å². The molecule has 0 bridgehead atoms. The maximum atomic E-state index is 13.1. The zero-order valence-corrected chi connectivity index (χ0v) is 10.6. The van der Waals surface area contributed by atoms with Crippen LogP contribution in [-0.4, -0.2) is 29.9 Å². The molecule has 1 aromatic rings. The molecule has 1 saturated heterocycles. The fourth-order valence-electron chi connectivity index (χ4n) is 2.34. The van der Waals surface area contributed by atoms with E-state index in [1.807, 2.05) is 13.0 Å². The quantitative estimate of drug-likeness (QED) is 0.890. The Morgan fingerprint density at radius 1 is 1.61 bits per heavy atom. The molecule has 1 heterocycles. The second-order valence-corrected chi connectivity index (χ2v) is 5.05. The molecule has 0 aliphatic carbocycles. The lowest BCUT2D eigenvalue weighted by Crippen LogP contribution is -2.32. The molecule has 1 aliphatic rings. The molecule has 0 saturated carbocycles. The van der Waals surface area contributed by atoms with E-state index in [0.717, 1.165) is 18.5 Å². The summed E-state index contributed by atoms with van der Waals surface area (Å²) in [5.41, 5.74) is 6.65. The third kappa shape index (κ3) is 3.07. The second-order valence-electron chi connectivity index (χ2n) is 5.05. The molecule has 1 aliphatic heterocycles. The lowest BCUT2D eigenvalue weighted by atomic mass is 9.97. The number of likely N-dealkylation sites (tertiary alicyclic amines) is 1. The molecule has 18 heavy (non-hydrogen) atoms. The molecule has 98 valence electrons. The monoisotopic (exact) mass is 250 g/mol. The fraction of sp³-hybridized carbons (Fsp3) is 0.500. The number of nitrogens with two attached hydrogens (primary N) is 1. The summed E-state index contributed by atoms with van der Waals surface area (Å²) >= 11 is 0. The van der Waals surface area contributed by atoms with Crippen LogP contribution in [0.2, 0.25) is 0 Å². The predicted octanol–water partition coefficient (Wildman–Crippen LogP) is 1.88. The van der Waals surface area contributed by atoms with Crippen molar-refractivity contribution >= 4 is 5.91 Å². The average molecular weight is 250 g/mol. The molecule has 0 aromatic heterocycles. The lowest BCUT2D eigenvalue weighted by Gasteiger charge is -2.19. The molecular formula is C14H19FN2O. The van der Waals surface area contributed by atoms with E-state index in [2.05, 4.69) is 0 Å². The zero-order valence-electron chi connectivity index (χ0n) is 10.6. The Hall–Kier alpha value is -1.42. The Morgan fingerprint density at radius 2 is 2.39 bits per heavy atom. The summed E-state index contributed by atoms with van der Waals surface area (Å²) in [4.78, 5) is 13.8. The van der Waals surface area contributed by atoms with Crippen molar-refractivity contribution in [2.75, 3.05) is 13.1 Å². The zero-order chi connectivity index (χ0) is 13.1. The fourth-order valence-corrected chi connectivity index (χ4v) is 2.34. The molecule has 1 fully saturated rings. The van der Waals surface area contributed by atoms with Crippen molar-refractivity contribution in [3.63, 3.8) is 0 Å². The van der Waals surface area contributed by atoms with Crippen LogP contribution in [0.1, 0.15) is 31.2 Å². The van der Waals surface area contributed by atoms with Gasteiger partial charge in [-0.1, -0.05) is 19.1 Å². The van der Waals surface area contributed by atoms with E-state index in [4.69, 9.17) is 5.73 Å². The van der Waals surface area contributed by atoms with E-state index in [0.29, 0.717) is 13.0 Å².